The summed E-state index contributed by atoms with van der Waals surface area (Å²) in [6.07, 6.45) is 1.82. The number of rotatable bonds is 4. The van der Waals surface area contributed by atoms with Gasteiger partial charge in [-0.3, -0.25) is 0 Å². The second kappa shape index (κ2) is 5.56. The number of hydrogen-bond acceptors (Lipinski definition) is 4. The highest BCUT2D eigenvalue weighted by Gasteiger charge is 2.17. The first-order valence-electron chi connectivity index (χ1n) is 6.48. The van der Waals surface area contributed by atoms with Crippen molar-refractivity contribution in [1.82, 2.24) is 20.3 Å². The van der Waals surface area contributed by atoms with Crippen molar-refractivity contribution in [3.05, 3.63) is 64.1 Å². The van der Waals surface area contributed by atoms with Crippen LogP contribution in [-0.4, -0.2) is 22.0 Å². The lowest BCUT2D eigenvalue weighted by Gasteiger charge is -2.11. The number of nitrogens with one attached hydrogen (secondary N) is 1. The fourth-order valence-electron chi connectivity index (χ4n) is 2.19. The van der Waals surface area contributed by atoms with Gasteiger partial charge in [-0.2, -0.15) is 15.0 Å². The molecule has 0 amide bonds. The van der Waals surface area contributed by atoms with E-state index < -0.39 is 0 Å². The largest absolute Gasteiger partial charge is 0.308 e. The van der Waals surface area contributed by atoms with Crippen molar-refractivity contribution in [2.45, 2.75) is 13.0 Å². The second-order valence-corrected chi connectivity index (χ2v) is 5.72. The fourth-order valence-corrected chi connectivity index (χ4v) is 2.92. The predicted octanol–water partition coefficient (Wildman–Crippen LogP) is 2.95. The molecular weight excluding hydrogens is 268 g/mol. The van der Waals surface area contributed by atoms with Gasteiger partial charge in [0, 0.05) is 4.88 Å². The van der Waals surface area contributed by atoms with Crippen LogP contribution in [0.2, 0.25) is 0 Å². The van der Waals surface area contributed by atoms with Gasteiger partial charge in [0.05, 0.1) is 17.9 Å². The van der Waals surface area contributed by atoms with Crippen LogP contribution in [0.4, 0.5) is 0 Å². The molecule has 0 radical (unpaired) electrons. The van der Waals surface area contributed by atoms with Gasteiger partial charge in [0.2, 0.25) is 0 Å². The van der Waals surface area contributed by atoms with E-state index in [1.807, 2.05) is 43.6 Å². The highest BCUT2D eigenvalue weighted by atomic mass is 32.1. The minimum Gasteiger partial charge on any atom is -0.308 e. The van der Waals surface area contributed by atoms with E-state index in [1.54, 1.807) is 16.1 Å². The van der Waals surface area contributed by atoms with E-state index in [1.165, 1.54) is 10.4 Å². The van der Waals surface area contributed by atoms with Crippen LogP contribution >= 0.6 is 11.3 Å². The van der Waals surface area contributed by atoms with Gasteiger partial charge in [-0.15, -0.1) is 11.3 Å². The molecule has 4 nitrogen and oxygen atoms in total. The molecule has 102 valence electrons. The van der Waals surface area contributed by atoms with Crippen molar-refractivity contribution >= 4 is 11.3 Å². The Morgan fingerprint density at radius 3 is 2.70 bits per heavy atom. The van der Waals surface area contributed by atoms with Crippen molar-refractivity contribution in [2.24, 2.45) is 0 Å². The zero-order chi connectivity index (χ0) is 13.9. The van der Waals surface area contributed by atoms with Crippen LogP contribution in [-0.2, 0) is 0 Å². The first kappa shape index (κ1) is 13.0. The van der Waals surface area contributed by atoms with Crippen molar-refractivity contribution in [1.29, 1.82) is 0 Å². The second-order valence-electron chi connectivity index (χ2n) is 4.61. The molecule has 5 heteroatoms. The normalized spacial score (nSPS) is 12.5. The van der Waals surface area contributed by atoms with Gasteiger partial charge < -0.3 is 5.32 Å². The van der Waals surface area contributed by atoms with Crippen LogP contribution in [0, 0.1) is 6.92 Å². The third kappa shape index (κ3) is 2.50. The maximum absolute atomic E-state index is 4.58. The molecule has 20 heavy (non-hydrogen) atoms. The number of benzene rings is 1. The van der Waals surface area contributed by atoms with E-state index in [0.717, 1.165) is 11.4 Å². The lowest BCUT2D eigenvalue weighted by Crippen LogP contribution is -2.17. The summed E-state index contributed by atoms with van der Waals surface area (Å²) in [5.74, 6) is 0. The molecule has 0 saturated carbocycles. The molecule has 3 aromatic rings. The first-order chi connectivity index (χ1) is 9.78. The minimum atomic E-state index is 0.0809. The number of thiophene rings is 1. The van der Waals surface area contributed by atoms with Crippen LogP contribution in [0.3, 0.4) is 0 Å². The molecule has 0 spiro atoms. The number of hydrogen-bond donors (Lipinski definition) is 1. The Labute approximate surface area is 122 Å². The summed E-state index contributed by atoms with van der Waals surface area (Å²) < 4.78 is 0. The SMILES string of the molecule is CNC(c1csc(C)c1)c1cnn(-c2ccccc2)n1. The molecule has 0 saturated heterocycles. The summed E-state index contributed by atoms with van der Waals surface area (Å²) in [4.78, 5) is 2.97. The smallest absolute Gasteiger partial charge is 0.105 e. The topological polar surface area (TPSA) is 42.7 Å². The molecule has 1 aromatic carbocycles. The monoisotopic (exact) mass is 284 g/mol. The van der Waals surface area contributed by atoms with Crippen LogP contribution in [0.1, 0.15) is 22.2 Å². The molecule has 1 atom stereocenters. The van der Waals surface area contributed by atoms with Crippen molar-refractivity contribution in [2.75, 3.05) is 7.05 Å². The standard InChI is InChI=1S/C15H16N4S/c1-11-8-12(10-20-11)15(16-2)14-9-17-19(18-14)13-6-4-3-5-7-13/h3-10,15-16H,1-2H3. The molecule has 0 aliphatic rings. The van der Waals surface area contributed by atoms with E-state index in [9.17, 15) is 0 Å². The number of aromatic nitrogens is 3. The van der Waals surface area contributed by atoms with E-state index in [4.69, 9.17) is 0 Å². The number of nitrogens with zero attached hydrogens (tertiary/aromatic N) is 3. The molecule has 0 aliphatic heterocycles. The molecule has 1 unspecified atom stereocenters. The zero-order valence-electron chi connectivity index (χ0n) is 11.4. The highest BCUT2D eigenvalue weighted by molar-refractivity contribution is 7.10. The zero-order valence-corrected chi connectivity index (χ0v) is 12.3. The Balaban J connectivity index is 1.92. The molecule has 0 bridgehead atoms. The van der Waals surface area contributed by atoms with Crippen LogP contribution in [0.15, 0.2) is 48.0 Å². The van der Waals surface area contributed by atoms with Crippen LogP contribution in [0.25, 0.3) is 5.69 Å². The maximum Gasteiger partial charge on any atom is 0.105 e. The Bertz CT molecular complexity index is 687. The fraction of sp³-hybridized carbons (Fsp3) is 0.200. The van der Waals surface area contributed by atoms with Crippen LogP contribution in [0.5, 0.6) is 0 Å². The Morgan fingerprint density at radius 2 is 2.05 bits per heavy atom. The highest BCUT2D eigenvalue weighted by Crippen LogP contribution is 2.24. The molecular formula is C15H16N4S. The lowest BCUT2D eigenvalue weighted by molar-refractivity contribution is 0.651. The summed E-state index contributed by atoms with van der Waals surface area (Å²) >= 11 is 1.75. The molecule has 2 aromatic heterocycles. The van der Waals surface area contributed by atoms with Gasteiger partial charge in [0.25, 0.3) is 0 Å². The number of aryl methyl sites for hydroxylation is 1. The molecule has 0 fully saturated rings. The summed E-state index contributed by atoms with van der Waals surface area (Å²) in [6, 6.07) is 12.2. The Morgan fingerprint density at radius 1 is 1.25 bits per heavy atom. The van der Waals surface area contributed by atoms with E-state index in [0.29, 0.717) is 0 Å². The van der Waals surface area contributed by atoms with Crippen LogP contribution < -0.4 is 5.32 Å². The third-order valence-corrected chi connectivity index (χ3v) is 4.04. The van der Waals surface area contributed by atoms with E-state index in [2.05, 4.69) is 33.9 Å². The summed E-state index contributed by atoms with van der Waals surface area (Å²) in [6.45, 7) is 2.11. The van der Waals surface area contributed by atoms with E-state index >= 15 is 0 Å². The van der Waals surface area contributed by atoms with Gasteiger partial charge in [-0.25, -0.2) is 0 Å². The molecule has 0 aliphatic carbocycles. The third-order valence-electron chi connectivity index (χ3n) is 3.17. The van der Waals surface area contributed by atoms with Crippen molar-refractivity contribution < 1.29 is 0 Å². The summed E-state index contributed by atoms with van der Waals surface area (Å²) in [5.41, 5.74) is 3.12. The molecule has 1 N–H and O–H groups in total. The van der Waals surface area contributed by atoms with Crippen molar-refractivity contribution in [3.63, 3.8) is 0 Å². The van der Waals surface area contributed by atoms with Gasteiger partial charge in [0.15, 0.2) is 0 Å². The van der Waals surface area contributed by atoms with E-state index in [-0.39, 0.29) is 6.04 Å². The average Bonchev–Trinajstić information content (AvgIpc) is 3.11. The molecule has 2 heterocycles. The van der Waals surface area contributed by atoms with Gasteiger partial charge in [-0.05, 0) is 43.1 Å². The van der Waals surface area contributed by atoms with Gasteiger partial charge in [0.1, 0.15) is 5.69 Å². The summed E-state index contributed by atoms with van der Waals surface area (Å²) in [7, 11) is 1.94. The van der Waals surface area contributed by atoms with Crippen molar-refractivity contribution in [3.8, 4) is 5.69 Å². The van der Waals surface area contributed by atoms with Gasteiger partial charge in [-0.1, -0.05) is 18.2 Å². The molecule has 3 rings (SSSR count). The Kier molecular flexibility index (Phi) is 3.62. The maximum atomic E-state index is 4.58. The lowest BCUT2D eigenvalue weighted by atomic mass is 10.1. The minimum absolute atomic E-state index is 0.0809. The predicted molar refractivity (Wildman–Crippen MR) is 81.3 cm³/mol. The average molecular weight is 284 g/mol. The summed E-state index contributed by atoms with van der Waals surface area (Å²) in [5, 5.41) is 14.4. The number of para-hydroxylation sites is 1. The first-order valence-corrected chi connectivity index (χ1v) is 7.36. The quantitative estimate of drug-likeness (QED) is 0.801. The Hall–Kier alpha value is -1.98. The van der Waals surface area contributed by atoms with Gasteiger partial charge >= 0.3 is 0 Å².